The number of aromatic nitrogens is 2. The molecule has 2 rings (SSSR count). The van der Waals surface area contributed by atoms with Crippen LogP contribution in [-0.2, 0) is 11.2 Å². The Labute approximate surface area is 86.2 Å². The van der Waals surface area contributed by atoms with Crippen molar-refractivity contribution in [3.8, 4) is 0 Å². The molecule has 4 heteroatoms. The maximum atomic E-state index is 5.36. The molecule has 0 spiro atoms. The van der Waals surface area contributed by atoms with Crippen LogP contribution in [0.2, 0.25) is 0 Å². The first-order valence-corrected chi connectivity index (χ1v) is 5.41. The molecule has 0 aromatic carbocycles. The zero-order valence-corrected chi connectivity index (χ0v) is 9.25. The summed E-state index contributed by atoms with van der Waals surface area (Å²) in [7, 11) is 0. The normalized spacial score (nSPS) is 22.5. The van der Waals surface area contributed by atoms with Gasteiger partial charge in [-0.05, 0) is 22.4 Å². The monoisotopic (exact) mass is 244 g/mol. The molecule has 1 unspecified atom stereocenters. The fraction of sp³-hybridized carbons (Fsp3) is 0.667. The lowest BCUT2D eigenvalue weighted by atomic mass is 10.2. The summed E-state index contributed by atoms with van der Waals surface area (Å²) in [4.78, 5) is 4.40. The highest BCUT2D eigenvalue weighted by atomic mass is 79.9. The van der Waals surface area contributed by atoms with E-state index in [1.54, 1.807) is 0 Å². The molecule has 3 nitrogen and oxygen atoms in total. The number of hydrogen-bond donors (Lipinski definition) is 0. The third-order valence-corrected chi connectivity index (χ3v) is 2.78. The van der Waals surface area contributed by atoms with E-state index >= 15 is 0 Å². The van der Waals surface area contributed by atoms with Crippen LogP contribution in [0.1, 0.15) is 25.2 Å². The van der Waals surface area contributed by atoms with Gasteiger partial charge < -0.3 is 9.30 Å². The Morgan fingerprint density at radius 1 is 1.77 bits per heavy atom. The van der Waals surface area contributed by atoms with Crippen molar-refractivity contribution < 1.29 is 4.74 Å². The summed E-state index contributed by atoms with van der Waals surface area (Å²) in [5.74, 6) is 1.14. The highest BCUT2D eigenvalue weighted by Crippen LogP contribution is 2.23. The van der Waals surface area contributed by atoms with Crippen molar-refractivity contribution >= 4 is 15.9 Å². The first kappa shape index (κ1) is 9.21. The van der Waals surface area contributed by atoms with Crippen LogP contribution in [0.3, 0.4) is 0 Å². The third kappa shape index (κ3) is 1.79. The van der Waals surface area contributed by atoms with Gasteiger partial charge in [-0.25, -0.2) is 4.98 Å². The minimum Gasteiger partial charge on any atom is -0.379 e. The van der Waals surface area contributed by atoms with Crippen LogP contribution in [0, 0.1) is 0 Å². The molecule has 0 saturated carbocycles. The van der Waals surface area contributed by atoms with Crippen molar-refractivity contribution in [2.24, 2.45) is 0 Å². The largest absolute Gasteiger partial charge is 0.379 e. The summed E-state index contributed by atoms with van der Waals surface area (Å²) in [6.07, 6.45) is 4.14. The topological polar surface area (TPSA) is 27.1 Å². The number of ether oxygens (including phenoxy) is 1. The van der Waals surface area contributed by atoms with Crippen LogP contribution in [-0.4, -0.2) is 22.8 Å². The summed E-state index contributed by atoms with van der Waals surface area (Å²) >= 11 is 3.40. The standard InChI is InChI=1S/C9H13BrN2O/c1-2-9-11-8(10)5-12(9)7-3-4-13-6-7/h5,7H,2-4,6H2,1H3. The van der Waals surface area contributed by atoms with Crippen molar-refractivity contribution in [1.29, 1.82) is 0 Å². The SMILES string of the molecule is CCc1nc(Br)cn1C1CCOC1. The fourth-order valence-corrected chi connectivity index (χ4v) is 2.14. The highest BCUT2D eigenvalue weighted by molar-refractivity contribution is 9.10. The first-order chi connectivity index (χ1) is 6.31. The molecule has 1 saturated heterocycles. The van der Waals surface area contributed by atoms with E-state index in [-0.39, 0.29) is 0 Å². The average Bonchev–Trinajstić information content (AvgIpc) is 2.71. The van der Waals surface area contributed by atoms with Crippen molar-refractivity contribution in [3.05, 3.63) is 16.6 Å². The van der Waals surface area contributed by atoms with Crippen LogP contribution < -0.4 is 0 Å². The maximum Gasteiger partial charge on any atom is 0.124 e. The molecule has 0 N–H and O–H groups in total. The van der Waals surface area contributed by atoms with Gasteiger partial charge in [0.05, 0.1) is 12.6 Å². The number of hydrogen-bond acceptors (Lipinski definition) is 2. The van der Waals surface area contributed by atoms with Crippen molar-refractivity contribution in [1.82, 2.24) is 9.55 Å². The summed E-state index contributed by atoms with van der Waals surface area (Å²) in [5.41, 5.74) is 0. The number of nitrogens with zero attached hydrogens (tertiary/aromatic N) is 2. The second-order valence-electron chi connectivity index (χ2n) is 3.26. The number of imidazole rings is 1. The zero-order valence-electron chi connectivity index (χ0n) is 7.66. The van der Waals surface area contributed by atoms with Gasteiger partial charge in [-0.1, -0.05) is 6.92 Å². The van der Waals surface area contributed by atoms with Gasteiger partial charge in [-0.15, -0.1) is 0 Å². The predicted octanol–water partition coefficient (Wildman–Crippen LogP) is 2.17. The first-order valence-electron chi connectivity index (χ1n) is 4.62. The Morgan fingerprint density at radius 2 is 2.62 bits per heavy atom. The van der Waals surface area contributed by atoms with Crippen molar-refractivity contribution in [3.63, 3.8) is 0 Å². The highest BCUT2D eigenvalue weighted by Gasteiger charge is 2.20. The van der Waals surface area contributed by atoms with Gasteiger partial charge in [0.25, 0.3) is 0 Å². The lowest BCUT2D eigenvalue weighted by Gasteiger charge is -2.11. The molecule has 2 heterocycles. The van der Waals surface area contributed by atoms with Gasteiger partial charge in [0.15, 0.2) is 0 Å². The number of halogens is 1. The Balaban J connectivity index is 2.26. The van der Waals surface area contributed by atoms with Gasteiger partial charge in [0, 0.05) is 19.2 Å². The summed E-state index contributed by atoms with van der Waals surface area (Å²) in [6, 6.07) is 0.494. The Kier molecular flexibility index (Phi) is 2.69. The quantitative estimate of drug-likeness (QED) is 0.798. The molecule has 1 fully saturated rings. The Hall–Kier alpha value is -0.350. The predicted molar refractivity (Wildman–Crippen MR) is 53.8 cm³/mol. The molecular weight excluding hydrogens is 232 g/mol. The summed E-state index contributed by atoms with van der Waals surface area (Å²) < 4.78 is 8.52. The van der Waals surface area contributed by atoms with Crippen LogP contribution in [0.15, 0.2) is 10.8 Å². The summed E-state index contributed by atoms with van der Waals surface area (Å²) in [6.45, 7) is 3.83. The number of rotatable bonds is 2. The minimum absolute atomic E-state index is 0.494. The zero-order chi connectivity index (χ0) is 9.26. The van der Waals surface area contributed by atoms with Crippen LogP contribution in [0.25, 0.3) is 0 Å². The maximum absolute atomic E-state index is 5.36. The van der Waals surface area contributed by atoms with E-state index in [2.05, 4.69) is 38.6 Å². The number of aryl methyl sites for hydroxylation is 1. The molecule has 1 aliphatic heterocycles. The average molecular weight is 245 g/mol. The lowest BCUT2D eigenvalue weighted by Crippen LogP contribution is -2.10. The van der Waals surface area contributed by atoms with E-state index in [0.717, 1.165) is 36.5 Å². The van der Waals surface area contributed by atoms with Crippen molar-refractivity contribution in [2.75, 3.05) is 13.2 Å². The van der Waals surface area contributed by atoms with Gasteiger partial charge in [0.2, 0.25) is 0 Å². The fourth-order valence-electron chi connectivity index (χ4n) is 1.72. The van der Waals surface area contributed by atoms with E-state index in [0.29, 0.717) is 6.04 Å². The third-order valence-electron chi connectivity index (χ3n) is 2.39. The van der Waals surface area contributed by atoms with E-state index in [1.165, 1.54) is 0 Å². The second kappa shape index (κ2) is 3.80. The Morgan fingerprint density at radius 3 is 3.23 bits per heavy atom. The van der Waals surface area contributed by atoms with Crippen LogP contribution in [0.5, 0.6) is 0 Å². The smallest absolute Gasteiger partial charge is 0.124 e. The molecule has 0 radical (unpaired) electrons. The molecular formula is C9H13BrN2O. The Bertz CT molecular complexity index is 292. The summed E-state index contributed by atoms with van der Waals surface area (Å²) in [5, 5.41) is 0. The molecule has 1 atom stereocenters. The van der Waals surface area contributed by atoms with Crippen LogP contribution in [0.4, 0.5) is 0 Å². The van der Waals surface area contributed by atoms with Gasteiger partial charge in [-0.3, -0.25) is 0 Å². The second-order valence-corrected chi connectivity index (χ2v) is 4.07. The van der Waals surface area contributed by atoms with Crippen LogP contribution >= 0.6 is 15.9 Å². The van der Waals surface area contributed by atoms with Crippen molar-refractivity contribution in [2.45, 2.75) is 25.8 Å². The van der Waals surface area contributed by atoms with Gasteiger partial charge in [-0.2, -0.15) is 0 Å². The molecule has 1 aromatic rings. The molecule has 72 valence electrons. The van der Waals surface area contributed by atoms with Gasteiger partial charge >= 0.3 is 0 Å². The van der Waals surface area contributed by atoms with E-state index in [9.17, 15) is 0 Å². The van der Waals surface area contributed by atoms with E-state index in [1.807, 2.05) is 0 Å². The minimum atomic E-state index is 0.494. The molecule has 0 bridgehead atoms. The molecule has 13 heavy (non-hydrogen) atoms. The van der Waals surface area contributed by atoms with E-state index in [4.69, 9.17) is 4.74 Å². The molecule has 1 aromatic heterocycles. The molecule has 1 aliphatic rings. The lowest BCUT2D eigenvalue weighted by molar-refractivity contribution is 0.186. The molecule has 0 amide bonds. The van der Waals surface area contributed by atoms with E-state index < -0.39 is 0 Å². The van der Waals surface area contributed by atoms with Gasteiger partial charge in [0.1, 0.15) is 10.4 Å². The molecule has 0 aliphatic carbocycles.